The number of amides is 1. The highest BCUT2D eigenvalue weighted by molar-refractivity contribution is 5.86. The van der Waals surface area contributed by atoms with E-state index in [0.29, 0.717) is 12.5 Å². The molecule has 0 aliphatic carbocycles. The van der Waals surface area contributed by atoms with Crippen LogP contribution >= 0.6 is 0 Å². The number of anilines is 1. The Kier molecular flexibility index (Phi) is 4.28. The van der Waals surface area contributed by atoms with Crippen LogP contribution in [0.1, 0.15) is 28.8 Å². The molecule has 0 spiro atoms. The van der Waals surface area contributed by atoms with E-state index in [0.717, 1.165) is 29.8 Å². The van der Waals surface area contributed by atoms with Crippen LogP contribution in [0.25, 0.3) is 0 Å². The molecule has 0 saturated carbocycles. The lowest BCUT2D eigenvalue weighted by Crippen LogP contribution is -2.33. The number of aromatic nitrogens is 2. The number of benzene rings is 1. The fourth-order valence-corrected chi connectivity index (χ4v) is 2.70. The molecule has 0 bridgehead atoms. The van der Waals surface area contributed by atoms with Gasteiger partial charge in [-0.15, -0.1) is 0 Å². The van der Waals surface area contributed by atoms with E-state index in [1.54, 1.807) is 6.20 Å². The highest BCUT2D eigenvalue weighted by atomic mass is 16.2. The Morgan fingerprint density at radius 2 is 1.96 bits per heavy atom. The third-order valence-corrected chi connectivity index (χ3v) is 4.32. The molecule has 1 aromatic heterocycles. The molecule has 2 heterocycles. The number of nitrogens with one attached hydrogen (secondary N) is 1. The molecular weight excluding hydrogens is 288 g/mol. The van der Waals surface area contributed by atoms with Crippen LogP contribution < -0.4 is 5.32 Å². The summed E-state index contributed by atoms with van der Waals surface area (Å²) >= 11 is 0. The van der Waals surface area contributed by atoms with E-state index < -0.39 is 0 Å². The van der Waals surface area contributed by atoms with E-state index in [1.807, 2.05) is 18.7 Å². The summed E-state index contributed by atoms with van der Waals surface area (Å²) in [6.45, 7) is 7.40. The van der Waals surface area contributed by atoms with E-state index >= 15 is 0 Å². The summed E-state index contributed by atoms with van der Waals surface area (Å²) in [5, 5.41) is 3.17. The number of rotatable bonds is 4. The lowest BCUT2D eigenvalue weighted by molar-refractivity contribution is -0.128. The van der Waals surface area contributed by atoms with Crippen LogP contribution in [0.4, 0.5) is 5.95 Å². The molecular formula is C18H22N4O. The first-order valence-electron chi connectivity index (χ1n) is 7.94. The molecule has 1 unspecified atom stereocenters. The highest BCUT2D eigenvalue weighted by Gasteiger charge is 2.31. The number of carbonyl (C=O) groups is 1. The quantitative estimate of drug-likeness (QED) is 0.943. The van der Waals surface area contributed by atoms with Crippen LogP contribution in [0, 0.1) is 20.8 Å². The molecule has 1 N–H and O–H groups in total. The second-order valence-corrected chi connectivity index (χ2v) is 6.19. The maximum Gasteiger partial charge on any atom is 0.245 e. The average molecular weight is 310 g/mol. The highest BCUT2D eigenvalue weighted by Crippen LogP contribution is 2.18. The van der Waals surface area contributed by atoms with Crippen molar-refractivity contribution in [1.29, 1.82) is 0 Å². The third-order valence-electron chi connectivity index (χ3n) is 4.32. The molecule has 1 aliphatic rings. The lowest BCUT2D eigenvalue weighted by atomic mass is 10.1. The predicted octanol–water partition coefficient (Wildman–Crippen LogP) is 2.61. The molecule has 23 heavy (non-hydrogen) atoms. The first kappa shape index (κ1) is 15.5. The zero-order valence-corrected chi connectivity index (χ0v) is 13.8. The molecule has 2 aromatic rings. The van der Waals surface area contributed by atoms with Gasteiger partial charge < -0.3 is 10.2 Å². The summed E-state index contributed by atoms with van der Waals surface area (Å²) in [4.78, 5) is 23.1. The second kappa shape index (κ2) is 6.36. The van der Waals surface area contributed by atoms with Crippen molar-refractivity contribution in [3.8, 4) is 0 Å². The fraction of sp³-hybridized carbons (Fsp3) is 0.389. The van der Waals surface area contributed by atoms with Gasteiger partial charge in [0.15, 0.2) is 0 Å². The van der Waals surface area contributed by atoms with Gasteiger partial charge in [0.2, 0.25) is 11.9 Å². The Morgan fingerprint density at radius 1 is 1.22 bits per heavy atom. The van der Waals surface area contributed by atoms with Crippen molar-refractivity contribution in [1.82, 2.24) is 14.9 Å². The fourth-order valence-electron chi connectivity index (χ4n) is 2.70. The molecule has 5 heteroatoms. The number of nitrogens with zero attached hydrogens (tertiary/aromatic N) is 3. The van der Waals surface area contributed by atoms with Crippen molar-refractivity contribution in [2.24, 2.45) is 0 Å². The first-order valence-corrected chi connectivity index (χ1v) is 7.94. The Morgan fingerprint density at radius 3 is 2.65 bits per heavy atom. The van der Waals surface area contributed by atoms with Crippen molar-refractivity contribution in [2.75, 3.05) is 11.9 Å². The van der Waals surface area contributed by atoms with Gasteiger partial charge in [-0.05, 0) is 38.3 Å². The minimum atomic E-state index is -0.234. The summed E-state index contributed by atoms with van der Waals surface area (Å²) in [5.74, 6) is 0.649. The van der Waals surface area contributed by atoms with Crippen molar-refractivity contribution < 1.29 is 4.79 Å². The molecule has 1 aliphatic heterocycles. The van der Waals surface area contributed by atoms with Gasteiger partial charge in [0, 0.05) is 25.0 Å². The van der Waals surface area contributed by atoms with Crippen molar-refractivity contribution >= 4 is 11.9 Å². The second-order valence-electron chi connectivity index (χ2n) is 6.19. The third kappa shape index (κ3) is 3.50. The van der Waals surface area contributed by atoms with Gasteiger partial charge in [0.25, 0.3) is 0 Å². The standard InChI is InChI=1S/C18H22N4O/c1-12-4-6-15(7-5-12)11-22-9-8-16(17(22)23)21-18-19-10-13(2)14(3)20-18/h4-7,10,16H,8-9,11H2,1-3H3,(H,19,20,21). The summed E-state index contributed by atoms with van der Waals surface area (Å²) in [6.07, 6.45) is 2.56. The van der Waals surface area contributed by atoms with Gasteiger partial charge in [-0.2, -0.15) is 0 Å². The number of aryl methyl sites for hydroxylation is 3. The SMILES string of the molecule is Cc1ccc(CN2CCC(Nc3ncc(C)c(C)n3)C2=O)cc1. The molecule has 5 nitrogen and oxygen atoms in total. The Balaban J connectivity index is 1.64. The zero-order valence-electron chi connectivity index (χ0n) is 13.8. The summed E-state index contributed by atoms with van der Waals surface area (Å²) < 4.78 is 0. The van der Waals surface area contributed by atoms with Gasteiger partial charge >= 0.3 is 0 Å². The van der Waals surface area contributed by atoms with Crippen molar-refractivity contribution in [2.45, 2.75) is 39.8 Å². The molecule has 1 amide bonds. The van der Waals surface area contributed by atoms with Crippen LogP contribution in [-0.2, 0) is 11.3 Å². The van der Waals surface area contributed by atoms with E-state index in [9.17, 15) is 4.79 Å². The maximum absolute atomic E-state index is 12.5. The largest absolute Gasteiger partial charge is 0.342 e. The summed E-state index contributed by atoms with van der Waals surface area (Å²) in [5.41, 5.74) is 4.37. The topological polar surface area (TPSA) is 58.1 Å². The molecule has 0 radical (unpaired) electrons. The van der Waals surface area contributed by atoms with Crippen LogP contribution in [0.5, 0.6) is 0 Å². The monoisotopic (exact) mass is 310 g/mol. The molecule has 120 valence electrons. The molecule has 1 fully saturated rings. The van der Waals surface area contributed by atoms with Crippen LogP contribution in [0.3, 0.4) is 0 Å². The average Bonchev–Trinajstić information content (AvgIpc) is 2.86. The normalized spacial score (nSPS) is 17.6. The van der Waals surface area contributed by atoms with Gasteiger partial charge in [-0.3, -0.25) is 4.79 Å². The van der Waals surface area contributed by atoms with E-state index in [-0.39, 0.29) is 11.9 Å². The number of hydrogen-bond acceptors (Lipinski definition) is 4. The lowest BCUT2D eigenvalue weighted by Gasteiger charge is -2.17. The van der Waals surface area contributed by atoms with Crippen LogP contribution in [0.2, 0.25) is 0 Å². The molecule has 1 atom stereocenters. The minimum Gasteiger partial charge on any atom is -0.342 e. The van der Waals surface area contributed by atoms with E-state index in [2.05, 4.69) is 46.5 Å². The van der Waals surface area contributed by atoms with Crippen LogP contribution in [0.15, 0.2) is 30.5 Å². The van der Waals surface area contributed by atoms with E-state index in [1.165, 1.54) is 5.56 Å². The molecule has 1 saturated heterocycles. The van der Waals surface area contributed by atoms with Crippen LogP contribution in [-0.4, -0.2) is 33.4 Å². The minimum absolute atomic E-state index is 0.118. The summed E-state index contributed by atoms with van der Waals surface area (Å²) in [6, 6.07) is 8.08. The van der Waals surface area contributed by atoms with Gasteiger partial charge in [0.05, 0.1) is 0 Å². The first-order chi connectivity index (χ1) is 11.0. The number of carbonyl (C=O) groups excluding carboxylic acids is 1. The summed E-state index contributed by atoms with van der Waals surface area (Å²) in [7, 11) is 0. The van der Waals surface area contributed by atoms with Crippen molar-refractivity contribution in [3.63, 3.8) is 0 Å². The smallest absolute Gasteiger partial charge is 0.245 e. The van der Waals surface area contributed by atoms with Gasteiger partial charge in [-0.1, -0.05) is 29.8 Å². The zero-order chi connectivity index (χ0) is 16.4. The predicted molar refractivity (Wildman–Crippen MR) is 90.1 cm³/mol. The molecule has 3 rings (SSSR count). The Labute approximate surface area is 136 Å². The van der Waals surface area contributed by atoms with Gasteiger partial charge in [0.1, 0.15) is 6.04 Å². The van der Waals surface area contributed by atoms with E-state index in [4.69, 9.17) is 0 Å². The number of hydrogen-bond donors (Lipinski definition) is 1. The van der Waals surface area contributed by atoms with Crippen molar-refractivity contribution in [3.05, 3.63) is 52.8 Å². The maximum atomic E-state index is 12.5. The van der Waals surface area contributed by atoms with Gasteiger partial charge in [-0.25, -0.2) is 9.97 Å². The Bertz CT molecular complexity index is 711. The molecule has 1 aromatic carbocycles. The Hall–Kier alpha value is -2.43. The number of likely N-dealkylation sites (tertiary alicyclic amines) is 1.